The molecule has 0 aliphatic heterocycles. The number of nitrogens with one attached hydrogen (secondary N) is 1. The molecule has 140 valence electrons. The number of aromatic nitrogens is 2. The Kier molecular flexibility index (Phi) is 5.17. The summed E-state index contributed by atoms with van der Waals surface area (Å²) in [5.74, 6) is 1.24. The molecule has 0 aliphatic rings. The molecule has 1 heterocycles. The molecule has 5 heteroatoms. The molecule has 1 aromatic heterocycles. The van der Waals surface area contributed by atoms with Gasteiger partial charge in [0, 0.05) is 30.1 Å². The van der Waals surface area contributed by atoms with Crippen molar-refractivity contribution in [1.29, 1.82) is 5.26 Å². The lowest BCUT2D eigenvalue weighted by molar-refractivity contribution is 1.09. The second-order valence-corrected chi connectivity index (χ2v) is 6.51. The number of anilines is 4. The standard InChI is InChI=1S/C24H19N5/c1-29(21-13-6-3-7-14-21)23-16-22(19-10-4-2-5-11-19)27-24(28-23)26-20-12-8-9-18(15-20)17-25/h2-16H,1H3,(H,26,27,28). The van der Waals surface area contributed by atoms with Crippen LogP contribution in [0.4, 0.5) is 23.1 Å². The van der Waals surface area contributed by atoms with Crippen LogP contribution in [0.5, 0.6) is 0 Å². The zero-order valence-electron chi connectivity index (χ0n) is 15.9. The van der Waals surface area contributed by atoms with Crippen molar-refractivity contribution in [3.63, 3.8) is 0 Å². The minimum Gasteiger partial charge on any atom is -0.329 e. The molecule has 0 amide bonds. The predicted molar refractivity (Wildman–Crippen MR) is 116 cm³/mol. The van der Waals surface area contributed by atoms with E-state index in [0.29, 0.717) is 11.5 Å². The number of hydrogen-bond acceptors (Lipinski definition) is 5. The van der Waals surface area contributed by atoms with Crippen molar-refractivity contribution < 1.29 is 0 Å². The molecule has 0 fully saturated rings. The Balaban J connectivity index is 1.77. The summed E-state index contributed by atoms with van der Waals surface area (Å²) in [6, 6.07) is 31.4. The van der Waals surface area contributed by atoms with E-state index < -0.39 is 0 Å². The molecular weight excluding hydrogens is 358 g/mol. The molecule has 5 nitrogen and oxygen atoms in total. The van der Waals surface area contributed by atoms with Crippen molar-refractivity contribution in [2.45, 2.75) is 0 Å². The predicted octanol–water partition coefficient (Wildman–Crippen LogP) is 5.53. The zero-order chi connectivity index (χ0) is 20.1. The van der Waals surface area contributed by atoms with E-state index in [1.165, 1.54) is 0 Å². The second kappa shape index (κ2) is 8.24. The lowest BCUT2D eigenvalue weighted by atomic mass is 10.1. The maximum atomic E-state index is 9.15. The average Bonchev–Trinajstić information content (AvgIpc) is 2.79. The van der Waals surface area contributed by atoms with E-state index in [4.69, 9.17) is 15.2 Å². The summed E-state index contributed by atoms with van der Waals surface area (Å²) in [7, 11) is 1.98. The Morgan fingerprint density at radius 2 is 1.55 bits per heavy atom. The molecule has 1 N–H and O–H groups in total. The van der Waals surface area contributed by atoms with Crippen LogP contribution in [0, 0.1) is 11.3 Å². The molecule has 0 atom stereocenters. The van der Waals surface area contributed by atoms with Crippen LogP contribution >= 0.6 is 0 Å². The highest BCUT2D eigenvalue weighted by Gasteiger charge is 2.12. The highest BCUT2D eigenvalue weighted by molar-refractivity contribution is 5.70. The van der Waals surface area contributed by atoms with Crippen LogP contribution in [0.15, 0.2) is 91.0 Å². The van der Waals surface area contributed by atoms with Crippen LogP contribution in [0.1, 0.15) is 5.56 Å². The molecule has 4 aromatic rings. The van der Waals surface area contributed by atoms with Gasteiger partial charge in [-0.2, -0.15) is 10.2 Å². The minimum atomic E-state index is 0.472. The van der Waals surface area contributed by atoms with Crippen molar-refractivity contribution in [2.75, 3.05) is 17.3 Å². The maximum absolute atomic E-state index is 9.15. The SMILES string of the molecule is CN(c1ccccc1)c1cc(-c2ccccc2)nc(Nc2cccc(C#N)c2)n1. The van der Waals surface area contributed by atoms with Gasteiger partial charge in [-0.25, -0.2) is 4.98 Å². The van der Waals surface area contributed by atoms with Gasteiger partial charge in [0.25, 0.3) is 0 Å². The van der Waals surface area contributed by atoms with Gasteiger partial charge in [-0.05, 0) is 30.3 Å². The van der Waals surface area contributed by atoms with Crippen molar-refractivity contribution in [1.82, 2.24) is 9.97 Å². The van der Waals surface area contributed by atoms with E-state index in [1.807, 2.05) is 90.8 Å². The highest BCUT2D eigenvalue weighted by atomic mass is 15.2. The monoisotopic (exact) mass is 377 g/mol. The van der Waals surface area contributed by atoms with Crippen molar-refractivity contribution in [2.24, 2.45) is 0 Å². The summed E-state index contributed by atoms with van der Waals surface area (Å²) in [6.45, 7) is 0. The summed E-state index contributed by atoms with van der Waals surface area (Å²) in [5.41, 5.74) is 4.20. The molecule has 0 aliphatic carbocycles. The summed E-state index contributed by atoms with van der Waals surface area (Å²) in [4.78, 5) is 11.4. The van der Waals surface area contributed by atoms with Crippen LogP contribution in [0.25, 0.3) is 11.3 Å². The van der Waals surface area contributed by atoms with Gasteiger partial charge in [0.05, 0.1) is 17.3 Å². The lowest BCUT2D eigenvalue weighted by Gasteiger charge is -2.20. The smallest absolute Gasteiger partial charge is 0.229 e. The Morgan fingerprint density at radius 3 is 2.28 bits per heavy atom. The number of hydrogen-bond donors (Lipinski definition) is 1. The Hall–Kier alpha value is -4.17. The first kappa shape index (κ1) is 18.2. The van der Waals surface area contributed by atoms with Gasteiger partial charge in [-0.3, -0.25) is 0 Å². The number of nitriles is 1. The summed E-state index contributed by atoms with van der Waals surface area (Å²) in [5, 5.41) is 12.4. The molecule has 0 unspecified atom stereocenters. The molecule has 0 saturated carbocycles. The first-order valence-corrected chi connectivity index (χ1v) is 9.23. The van der Waals surface area contributed by atoms with Crippen LogP contribution in [0.3, 0.4) is 0 Å². The highest BCUT2D eigenvalue weighted by Crippen LogP contribution is 2.28. The van der Waals surface area contributed by atoms with Crippen LogP contribution < -0.4 is 10.2 Å². The Labute approximate surface area is 169 Å². The van der Waals surface area contributed by atoms with E-state index in [9.17, 15) is 0 Å². The van der Waals surface area contributed by atoms with Gasteiger partial charge < -0.3 is 10.2 Å². The third-order valence-electron chi connectivity index (χ3n) is 4.52. The zero-order valence-corrected chi connectivity index (χ0v) is 15.9. The summed E-state index contributed by atoms with van der Waals surface area (Å²) in [6.07, 6.45) is 0. The van der Waals surface area contributed by atoms with Gasteiger partial charge in [0.15, 0.2) is 0 Å². The van der Waals surface area contributed by atoms with Gasteiger partial charge in [0.1, 0.15) is 5.82 Å². The number of nitrogens with zero attached hydrogens (tertiary/aromatic N) is 4. The average molecular weight is 377 g/mol. The normalized spacial score (nSPS) is 10.2. The fourth-order valence-electron chi connectivity index (χ4n) is 3.00. The Morgan fingerprint density at radius 1 is 0.828 bits per heavy atom. The topological polar surface area (TPSA) is 64.8 Å². The molecule has 0 radical (unpaired) electrons. The van der Waals surface area contributed by atoms with Crippen LogP contribution in [-0.4, -0.2) is 17.0 Å². The van der Waals surface area contributed by atoms with Crippen molar-refractivity contribution in [3.8, 4) is 17.3 Å². The fraction of sp³-hybridized carbons (Fsp3) is 0.0417. The third kappa shape index (κ3) is 4.23. The van der Waals surface area contributed by atoms with Gasteiger partial charge in [-0.15, -0.1) is 0 Å². The number of rotatable bonds is 5. The molecule has 3 aromatic carbocycles. The lowest BCUT2D eigenvalue weighted by Crippen LogP contribution is -2.13. The van der Waals surface area contributed by atoms with Gasteiger partial charge >= 0.3 is 0 Å². The molecule has 0 spiro atoms. The first-order valence-electron chi connectivity index (χ1n) is 9.23. The van der Waals surface area contributed by atoms with E-state index in [1.54, 1.807) is 12.1 Å². The number of benzene rings is 3. The Bertz CT molecular complexity index is 1150. The van der Waals surface area contributed by atoms with Crippen LogP contribution in [-0.2, 0) is 0 Å². The summed E-state index contributed by atoms with van der Waals surface area (Å²) < 4.78 is 0. The van der Waals surface area contributed by atoms with E-state index in [2.05, 4.69) is 11.4 Å². The van der Waals surface area contributed by atoms with E-state index in [-0.39, 0.29) is 0 Å². The van der Waals surface area contributed by atoms with Crippen molar-refractivity contribution >= 4 is 23.1 Å². The van der Waals surface area contributed by atoms with Crippen LogP contribution in [0.2, 0.25) is 0 Å². The number of para-hydroxylation sites is 1. The third-order valence-corrected chi connectivity index (χ3v) is 4.52. The maximum Gasteiger partial charge on any atom is 0.229 e. The fourth-order valence-corrected chi connectivity index (χ4v) is 3.00. The summed E-state index contributed by atoms with van der Waals surface area (Å²) >= 11 is 0. The first-order chi connectivity index (χ1) is 14.2. The largest absolute Gasteiger partial charge is 0.329 e. The quantitative estimate of drug-likeness (QED) is 0.496. The second-order valence-electron chi connectivity index (χ2n) is 6.51. The molecule has 4 rings (SSSR count). The molecule has 29 heavy (non-hydrogen) atoms. The van der Waals surface area contributed by atoms with E-state index in [0.717, 1.165) is 28.5 Å². The van der Waals surface area contributed by atoms with Crippen molar-refractivity contribution in [3.05, 3.63) is 96.6 Å². The molecule has 0 bridgehead atoms. The minimum absolute atomic E-state index is 0.472. The molecule has 0 saturated heterocycles. The van der Waals surface area contributed by atoms with E-state index >= 15 is 0 Å². The van der Waals surface area contributed by atoms with Gasteiger partial charge in [-0.1, -0.05) is 54.6 Å². The molecular formula is C24H19N5. The van der Waals surface area contributed by atoms with Gasteiger partial charge in [0.2, 0.25) is 5.95 Å².